The summed E-state index contributed by atoms with van der Waals surface area (Å²) in [4.78, 5) is 39.0. The first-order valence-electron chi connectivity index (χ1n) is 9.86. The number of benzene rings is 2. The smallest absolute Gasteiger partial charge is 0.324 e. The first-order chi connectivity index (χ1) is 13.8. The molecule has 6 nitrogen and oxygen atoms in total. The normalized spacial score (nSPS) is 18.7. The van der Waals surface area contributed by atoms with Gasteiger partial charge in [0.05, 0.1) is 0 Å². The van der Waals surface area contributed by atoms with Crippen molar-refractivity contribution in [1.29, 1.82) is 0 Å². The molecular formula is C23H27N3O3. The summed E-state index contributed by atoms with van der Waals surface area (Å²) in [6.45, 7) is 7.32. The van der Waals surface area contributed by atoms with Gasteiger partial charge in [-0.15, -0.1) is 0 Å². The Balaban J connectivity index is 1.74. The number of amides is 4. The molecule has 6 heteroatoms. The molecule has 1 unspecified atom stereocenters. The van der Waals surface area contributed by atoms with Crippen LogP contribution in [0.4, 0.5) is 10.5 Å². The first kappa shape index (κ1) is 20.6. The van der Waals surface area contributed by atoms with E-state index in [9.17, 15) is 14.4 Å². The fourth-order valence-electron chi connectivity index (χ4n) is 3.55. The molecule has 3 rings (SSSR count). The molecule has 0 saturated carbocycles. The molecule has 1 saturated heterocycles. The number of aryl methyl sites for hydroxylation is 2. The summed E-state index contributed by atoms with van der Waals surface area (Å²) in [6.07, 6.45) is 2.00. The molecule has 0 spiro atoms. The Labute approximate surface area is 171 Å². The molecule has 1 heterocycles. The van der Waals surface area contributed by atoms with Crippen LogP contribution in [0.15, 0.2) is 42.5 Å². The summed E-state index contributed by atoms with van der Waals surface area (Å²) in [5, 5.41) is 5.54. The van der Waals surface area contributed by atoms with E-state index in [1.807, 2.05) is 50.2 Å². The Morgan fingerprint density at radius 2 is 1.79 bits per heavy atom. The zero-order valence-corrected chi connectivity index (χ0v) is 17.3. The number of hydrogen-bond acceptors (Lipinski definition) is 3. The van der Waals surface area contributed by atoms with E-state index in [0.29, 0.717) is 11.3 Å². The van der Waals surface area contributed by atoms with Gasteiger partial charge in [0.1, 0.15) is 12.1 Å². The maximum Gasteiger partial charge on any atom is 0.325 e. The van der Waals surface area contributed by atoms with Crippen LogP contribution in [0.5, 0.6) is 0 Å². The molecule has 1 aliphatic heterocycles. The van der Waals surface area contributed by atoms with Crippen molar-refractivity contribution in [1.82, 2.24) is 10.2 Å². The van der Waals surface area contributed by atoms with Crippen molar-refractivity contribution in [3.8, 4) is 0 Å². The molecule has 2 aromatic carbocycles. The number of nitrogens with zero attached hydrogens (tertiary/aromatic N) is 1. The fraction of sp³-hybridized carbons (Fsp3) is 0.348. The summed E-state index contributed by atoms with van der Waals surface area (Å²) in [7, 11) is 0. The standard InChI is InChI=1S/C23H27N3O3/c1-5-7-17-10-12-18(13-11-17)23(4)21(28)26(22(29)25-23)14-20(27)24-19-9-6-8-15(2)16(19)3/h6,8-13H,5,7,14H2,1-4H3,(H,24,27)(H,25,29). The van der Waals surface area contributed by atoms with Crippen LogP contribution in [-0.2, 0) is 21.5 Å². The van der Waals surface area contributed by atoms with Gasteiger partial charge in [-0.05, 0) is 55.5 Å². The quantitative estimate of drug-likeness (QED) is 0.735. The summed E-state index contributed by atoms with van der Waals surface area (Å²) in [5.41, 5.74) is 3.39. The molecule has 152 valence electrons. The van der Waals surface area contributed by atoms with Gasteiger partial charge in [0, 0.05) is 5.69 Å². The number of carbonyl (C=O) groups is 3. The van der Waals surface area contributed by atoms with Crippen LogP contribution in [0.1, 0.15) is 42.5 Å². The predicted octanol–water partition coefficient (Wildman–Crippen LogP) is 3.66. The van der Waals surface area contributed by atoms with Gasteiger partial charge in [-0.3, -0.25) is 14.5 Å². The zero-order chi connectivity index (χ0) is 21.2. The highest BCUT2D eigenvalue weighted by molar-refractivity contribution is 6.10. The highest BCUT2D eigenvalue weighted by atomic mass is 16.2. The average molecular weight is 393 g/mol. The molecular weight excluding hydrogens is 366 g/mol. The Bertz CT molecular complexity index is 952. The largest absolute Gasteiger partial charge is 0.325 e. The van der Waals surface area contributed by atoms with Crippen LogP contribution in [0, 0.1) is 13.8 Å². The van der Waals surface area contributed by atoms with Crippen molar-refractivity contribution >= 4 is 23.5 Å². The van der Waals surface area contributed by atoms with E-state index in [2.05, 4.69) is 17.6 Å². The Morgan fingerprint density at radius 3 is 2.45 bits per heavy atom. The van der Waals surface area contributed by atoms with Gasteiger partial charge in [0.15, 0.2) is 0 Å². The summed E-state index contributed by atoms with van der Waals surface area (Å²) in [6, 6.07) is 12.7. The van der Waals surface area contributed by atoms with E-state index < -0.39 is 23.4 Å². The molecule has 1 atom stereocenters. The van der Waals surface area contributed by atoms with Gasteiger partial charge >= 0.3 is 6.03 Å². The Morgan fingerprint density at radius 1 is 1.10 bits per heavy atom. The third-order valence-corrected chi connectivity index (χ3v) is 5.53. The highest BCUT2D eigenvalue weighted by Crippen LogP contribution is 2.29. The lowest BCUT2D eigenvalue weighted by Crippen LogP contribution is -2.42. The number of rotatable bonds is 6. The number of imide groups is 1. The lowest BCUT2D eigenvalue weighted by Gasteiger charge is -2.22. The summed E-state index contributed by atoms with van der Waals surface area (Å²) in [5.74, 6) is -0.841. The highest BCUT2D eigenvalue weighted by Gasteiger charge is 2.49. The summed E-state index contributed by atoms with van der Waals surface area (Å²) >= 11 is 0. The number of nitrogens with one attached hydrogen (secondary N) is 2. The number of carbonyl (C=O) groups excluding carboxylic acids is 3. The Kier molecular flexibility index (Phi) is 5.73. The van der Waals surface area contributed by atoms with Crippen molar-refractivity contribution in [2.75, 3.05) is 11.9 Å². The van der Waals surface area contributed by atoms with Gasteiger partial charge in [-0.1, -0.05) is 49.7 Å². The van der Waals surface area contributed by atoms with Crippen LogP contribution < -0.4 is 10.6 Å². The maximum atomic E-state index is 13.0. The minimum Gasteiger partial charge on any atom is -0.324 e. The lowest BCUT2D eigenvalue weighted by molar-refractivity contribution is -0.133. The van der Waals surface area contributed by atoms with Crippen molar-refractivity contribution in [2.24, 2.45) is 0 Å². The topological polar surface area (TPSA) is 78.5 Å². The van der Waals surface area contributed by atoms with Crippen LogP contribution >= 0.6 is 0 Å². The summed E-state index contributed by atoms with van der Waals surface area (Å²) < 4.78 is 0. The van der Waals surface area contributed by atoms with Crippen molar-refractivity contribution in [3.63, 3.8) is 0 Å². The molecule has 4 amide bonds. The van der Waals surface area contributed by atoms with E-state index in [4.69, 9.17) is 0 Å². The second-order valence-electron chi connectivity index (χ2n) is 7.69. The van der Waals surface area contributed by atoms with Crippen LogP contribution in [0.25, 0.3) is 0 Å². The van der Waals surface area contributed by atoms with Gasteiger partial charge in [-0.25, -0.2) is 4.79 Å². The molecule has 29 heavy (non-hydrogen) atoms. The molecule has 1 fully saturated rings. The van der Waals surface area contributed by atoms with E-state index in [1.54, 1.807) is 13.0 Å². The van der Waals surface area contributed by atoms with E-state index in [0.717, 1.165) is 28.9 Å². The molecule has 0 aliphatic carbocycles. The minimum absolute atomic E-state index is 0.332. The molecule has 0 aromatic heterocycles. The van der Waals surface area contributed by atoms with Crippen molar-refractivity contribution < 1.29 is 14.4 Å². The van der Waals surface area contributed by atoms with E-state index >= 15 is 0 Å². The fourth-order valence-corrected chi connectivity index (χ4v) is 3.55. The lowest BCUT2D eigenvalue weighted by atomic mass is 9.91. The molecule has 2 aromatic rings. The Hall–Kier alpha value is -3.15. The van der Waals surface area contributed by atoms with Gasteiger partial charge < -0.3 is 10.6 Å². The minimum atomic E-state index is -1.18. The maximum absolute atomic E-state index is 13.0. The van der Waals surface area contributed by atoms with Gasteiger partial charge in [0.25, 0.3) is 5.91 Å². The van der Waals surface area contributed by atoms with Crippen molar-refractivity contribution in [3.05, 3.63) is 64.7 Å². The number of urea groups is 1. The van der Waals surface area contributed by atoms with Crippen LogP contribution in [-0.4, -0.2) is 29.3 Å². The average Bonchev–Trinajstić information content (AvgIpc) is 2.90. The molecule has 2 N–H and O–H groups in total. The second-order valence-corrected chi connectivity index (χ2v) is 7.69. The monoisotopic (exact) mass is 393 g/mol. The van der Waals surface area contributed by atoms with Gasteiger partial charge in [-0.2, -0.15) is 0 Å². The predicted molar refractivity (Wildman–Crippen MR) is 113 cm³/mol. The molecule has 0 radical (unpaired) electrons. The third-order valence-electron chi connectivity index (χ3n) is 5.53. The number of hydrogen-bond donors (Lipinski definition) is 2. The van der Waals surface area contributed by atoms with E-state index in [1.165, 1.54) is 5.56 Å². The zero-order valence-electron chi connectivity index (χ0n) is 17.3. The number of anilines is 1. The van der Waals surface area contributed by atoms with Crippen LogP contribution in [0.3, 0.4) is 0 Å². The first-order valence-corrected chi connectivity index (χ1v) is 9.86. The van der Waals surface area contributed by atoms with Gasteiger partial charge in [0.2, 0.25) is 5.91 Å². The van der Waals surface area contributed by atoms with E-state index in [-0.39, 0.29) is 6.54 Å². The van der Waals surface area contributed by atoms with Crippen LogP contribution in [0.2, 0.25) is 0 Å². The molecule has 0 bridgehead atoms. The molecule has 1 aliphatic rings. The third kappa shape index (κ3) is 4.01. The SMILES string of the molecule is CCCc1ccc(C2(C)NC(=O)N(CC(=O)Nc3cccc(C)c3C)C2=O)cc1. The van der Waals surface area contributed by atoms with Crippen molar-refractivity contribution in [2.45, 2.75) is 46.1 Å². The second kappa shape index (κ2) is 8.07.